The van der Waals surface area contributed by atoms with Gasteiger partial charge in [0, 0.05) is 24.3 Å². The van der Waals surface area contributed by atoms with Crippen LogP contribution in [-0.4, -0.2) is 63.4 Å². The van der Waals surface area contributed by atoms with Gasteiger partial charge in [-0.1, -0.05) is 6.42 Å². The maximum atomic E-state index is 12.2. The summed E-state index contributed by atoms with van der Waals surface area (Å²) in [6, 6.07) is -1.16. The molecule has 6 nitrogen and oxygen atoms in total. The van der Waals surface area contributed by atoms with Crippen LogP contribution in [0, 0.1) is 0 Å². The Hall–Kier alpha value is -0.950. The Morgan fingerprint density at radius 1 is 1.30 bits per heavy atom. The van der Waals surface area contributed by atoms with Crippen LogP contribution in [0.4, 0.5) is 4.79 Å². The van der Waals surface area contributed by atoms with E-state index in [2.05, 4.69) is 11.6 Å². The summed E-state index contributed by atoms with van der Waals surface area (Å²) in [6.07, 6.45) is 5.58. The molecule has 1 aliphatic heterocycles. The second-order valence-electron chi connectivity index (χ2n) is 5.57. The molecule has 0 radical (unpaired) electrons. The third-order valence-electron chi connectivity index (χ3n) is 4.11. The molecule has 0 bridgehead atoms. The van der Waals surface area contributed by atoms with Gasteiger partial charge in [-0.2, -0.15) is 11.8 Å². The number of amides is 2. The molecular formula is C13H22N2O4S. The molecule has 7 heteroatoms. The van der Waals surface area contributed by atoms with Crippen molar-refractivity contribution in [3.63, 3.8) is 0 Å². The van der Waals surface area contributed by atoms with E-state index in [4.69, 9.17) is 5.11 Å². The predicted molar refractivity (Wildman–Crippen MR) is 76.8 cm³/mol. The number of aliphatic hydroxyl groups is 1. The fourth-order valence-corrected chi connectivity index (χ4v) is 3.85. The lowest BCUT2D eigenvalue weighted by atomic mass is 9.95. The Balaban J connectivity index is 1.92. The monoisotopic (exact) mass is 302 g/mol. The number of carbonyl (C=O) groups excluding carboxylic acids is 1. The number of carboxylic acids is 1. The Labute approximate surface area is 122 Å². The van der Waals surface area contributed by atoms with E-state index >= 15 is 0 Å². The Kier molecular flexibility index (Phi) is 5.15. The molecule has 0 aromatic carbocycles. The van der Waals surface area contributed by atoms with Crippen molar-refractivity contribution in [2.75, 3.05) is 12.8 Å². The van der Waals surface area contributed by atoms with Gasteiger partial charge in [-0.3, -0.25) is 0 Å². The molecule has 2 amide bonds. The van der Waals surface area contributed by atoms with Gasteiger partial charge in [0.25, 0.3) is 0 Å². The molecule has 3 N–H and O–H groups in total. The van der Waals surface area contributed by atoms with E-state index in [-0.39, 0.29) is 25.0 Å². The highest BCUT2D eigenvalue weighted by molar-refractivity contribution is 7.99. The van der Waals surface area contributed by atoms with Gasteiger partial charge in [0.2, 0.25) is 0 Å². The maximum Gasteiger partial charge on any atom is 0.326 e. The van der Waals surface area contributed by atoms with Crippen molar-refractivity contribution in [2.45, 2.75) is 55.5 Å². The number of carboxylic acid groups (broad SMARTS) is 1. The number of hydrogen-bond acceptors (Lipinski definition) is 4. The van der Waals surface area contributed by atoms with Gasteiger partial charge in [0.15, 0.2) is 0 Å². The number of rotatable bonds is 3. The van der Waals surface area contributed by atoms with Crippen molar-refractivity contribution >= 4 is 23.8 Å². The fraction of sp³-hybridized carbons (Fsp3) is 0.846. The van der Waals surface area contributed by atoms with Crippen molar-refractivity contribution < 1.29 is 19.8 Å². The van der Waals surface area contributed by atoms with Crippen LogP contribution in [0.5, 0.6) is 0 Å². The summed E-state index contributed by atoms with van der Waals surface area (Å²) in [7, 11) is 0. The normalized spacial score (nSPS) is 34.0. The zero-order valence-corrected chi connectivity index (χ0v) is 12.4. The van der Waals surface area contributed by atoms with E-state index in [0.29, 0.717) is 5.25 Å². The molecule has 1 saturated carbocycles. The third kappa shape index (κ3) is 3.58. The SMILES string of the molecule is CSC1CCCC(NC(=O)N2CC(O)CC2C(=O)O)C1. The van der Waals surface area contributed by atoms with Crippen molar-refractivity contribution in [3.05, 3.63) is 0 Å². The fourth-order valence-electron chi connectivity index (χ4n) is 3.02. The Morgan fingerprint density at radius 3 is 2.70 bits per heavy atom. The van der Waals surface area contributed by atoms with Crippen LogP contribution in [0.25, 0.3) is 0 Å². The van der Waals surface area contributed by atoms with Crippen LogP contribution in [0.15, 0.2) is 0 Å². The van der Waals surface area contributed by atoms with E-state index < -0.39 is 18.1 Å². The number of aliphatic carboxylic acids is 1. The molecule has 20 heavy (non-hydrogen) atoms. The van der Waals surface area contributed by atoms with Crippen LogP contribution in [0.2, 0.25) is 0 Å². The summed E-state index contributed by atoms with van der Waals surface area (Å²) in [5.74, 6) is -1.05. The van der Waals surface area contributed by atoms with Gasteiger partial charge >= 0.3 is 12.0 Å². The minimum Gasteiger partial charge on any atom is -0.480 e. The predicted octanol–water partition coefficient (Wildman–Crippen LogP) is 0.890. The first-order chi connectivity index (χ1) is 9.51. The number of nitrogens with one attached hydrogen (secondary N) is 1. The average Bonchev–Trinajstić information content (AvgIpc) is 2.81. The summed E-state index contributed by atoms with van der Waals surface area (Å²) < 4.78 is 0. The second kappa shape index (κ2) is 6.67. The van der Waals surface area contributed by atoms with Gasteiger partial charge in [0.1, 0.15) is 6.04 Å². The lowest BCUT2D eigenvalue weighted by Crippen LogP contribution is -2.50. The molecule has 2 aliphatic rings. The van der Waals surface area contributed by atoms with E-state index in [1.165, 1.54) is 11.3 Å². The number of aliphatic hydroxyl groups excluding tert-OH is 1. The highest BCUT2D eigenvalue weighted by Crippen LogP contribution is 2.27. The van der Waals surface area contributed by atoms with Crippen LogP contribution < -0.4 is 5.32 Å². The van der Waals surface area contributed by atoms with Gasteiger partial charge in [-0.25, -0.2) is 9.59 Å². The molecule has 2 fully saturated rings. The highest BCUT2D eigenvalue weighted by atomic mass is 32.2. The zero-order chi connectivity index (χ0) is 14.7. The van der Waals surface area contributed by atoms with Crippen LogP contribution in [-0.2, 0) is 4.79 Å². The van der Waals surface area contributed by atoms with E-state index in [1.807, 2.05) is 11.8 Å². The summed E-state index contributed by atoms with van der Waals surface area (Å²) in [4.78, 5) is 24.6. The minimum atomic E-state index is -1.05. The molecule has 114 valence electrons. The summed E-state index contributed by atoms with van der Waals surface area (Å²) in [5.41, 5.74) is 0. The summed E-state index contributed by atoms with van der Waals surface area (Å²) >= 11 is 1.82. The van der Waals surface area contributed by atoms with Crippen molar-refractivity contribution in [2.24, 2.45) is 0 Å². The third-order valence-corrected chi connectivity index (χ3v) is 5.21. The largest absolute Gasteiger partial charge is 0.480 e. The minimum absolute atomic E-state index is 0.0987. The van der Waals surface area contributed by atoms with Crippen molar-refractivity contribution in [3.8, 4) is 0 Å². The number of carbonyl (C=O) groups is 2. The van der Waals surface area contributed by atoms with Crippen molar-refractivity contribution in [1.82, 2.24) is 10.2 Å². The average molecular weight is 302 g/mol. The summed E-state index contributed by atoms with van der Waals surface area (Å²) in [6.45, 7) is 0.0987. The Bertz CT molecular complexity index is 379. The first kappa shape index (κ1) is 15.4. The topological polar surface area (TPSA) is 89.9 Å². The molecule has 4 unspecified atom stereocenters. The number of urea groups is 1. The van der Waals surface area contributed by atoms with Gasteiger partial charge in [-0.15, -0.1) is 0 Å². The lowest BCUT2D eigenvalue weighted by Gasteiger charge is -2.31. The molecule has 1 heterocycles. The second-order valence-corrected chi connectivity index (χ2v) is 6.70. The molecule has 0 aromatic heterocycles. The quantitative estimate of drug-likeness (QED) is 0.720. The van der Waals surface area contributed by atoms with Gasteiger partial charge in [0.05, 0.1) is 6.10 Å². The maximum absolute atomic E-state index is 12.2. The van der Waals surface area contributed by atoms with Crippen LogP contribution in [0.3, 0.4) is 0 Å². The zero-order valence-electron chi connectivity index (χ0n) is 11.6. The number of thioether (sulfide) groups is 1. The smallest absolute Gasteiger partial charge is 0.326 e. The van der Waals surface area contributed by atoms with E-state index in [0.717, 1.165) is 19.3 Å². The first-order valence-electron chi connectivity index (χ1n) is 7.02. The molecule has 4 atom stereocenters. The number of likely N-dealkylation sites (tertiary alicyclic amines) is 1. The first-order valence-corrected chi connectivity index (χ1v) is 8.31. The number of nitrogens with zero attached hydrogens (tertiary/aromatic N) is 1. The Morgan fingerprint density at radius 2 is 2.05 bits per heavy atom. The summed E-state index contributed by atoms with van der Waals surface area (Å²) in [5, 5.41) is 22.2. The molecule has 1 saturated heterocycles. The van der Waals surface area contributed by atoms with Crippen molar-refractivity contribution in [1.29, 1.82) is 0 Å². The number of β-amino-alcohol motifs (C(OH)–C–C–N with tert-alkyl or cyclic N) is 1. The highest BCUT2D eigenvalue weighted by Gasteiger charge is 2.39. The van der Waals surface area contributed by atoms with Gasteiger partial charge < -0.3 is 20.4 Å². The van der Waals surface area contributed by atoms with Crippen LogP contribution in [0.1, 0.15) is 32.1 Å². The molecule has 0 aromatic rings. The van der Waals surface area contributed by atoms with E-state index in [9.17, 15) is 14.7 Å². The number of hydrogen-bond donors (Lipinski definition) is 3. The van der Waals surface area contributed by atoms with Crippen LogP contribution >= 0.6 is 11.8 Å². The molecule has 1 aliphatic carbocycles. The van der Waals surface area contributed by atoms with Gasteiger partial charge in [-0.05, 0) is 25.5 Å². The standard InChI is InChI=1S/C13H22N2O4S/c1-20-10-4-2-3-8(5-10)14-13(19)15-7-9(16)6-11(15)12(17)18/h8-11,16H,2-7H2,1H3,(H,14,19)(H,17,18). The molecular weight excluding hydrogens is 280 g/mol. The molecule has 2 rings (SSSR count). The molecule has 0 spiro atoms. The lowest BCUT2D eigenvalue weighted by molar-refractivity contribution is -0.141. The van der Waals surface area contributed by atoms with E-state index in [1.54, 1.807) is 0 Å².